The summed E-state index contributed by atoms with van der Waals surface area (Å²) in [5, 5.41) is 9.60. The largest absolute Gasteiger partial charge is 0.504 e. The van der Waals surface area contributed by atoms with Crippen LogP contribution < -0.4 is 9.47 Å². The van der Waals surface area contributed by atoms with Crippen LogP contribution in [0.4, 0.5) is 0 Å². The minimum atomic E-state index is 0.136. The summed E-state index contributed by atoms with van der Waals surface area (Å²) < 4.78 is 11.7. The van der Waals surface area contributed by atoms with Crippen molar-refractivity contribution < 1.29 is 14.6 Å². The third kappa shape index (κ3) is 2.96. The van der Waals surface area contributed by atoms with Gasteiger partial charge in [0.2, 0.25) is 0 Å². The van der Waals surface area contributed by atoms with E-state index in [0.717, 1.165) is 15.8 Å². The van der Waals surface area contributed by atoms with Gasteiger partial charge in [0.25, 0.3) is 0 Å². The average Bonchev–Trinajstić information content (AvgIpc) is 2.39. The molecule has 94 valence electrons. The molecule has 0 unspecified atom stereocenters. The zero-order valence-electron chi connectivity index (χ0n) is 9.89. The molecule has 0 saturated heterocycles. The molecule has 0 radical (unpaired) electrons. The number of phenolic OH excluding ortho intramolecular Hbond substituents is 1. The fourth-order valence-corrected chi connectivity index (χ4v) is 1.88. The topological polar surface area (TPSA) is 38.7 Å². The van der Waals surface area contributed by atoms with E-state index in [0.29, 0.717) is 12.4 Å². The number of benzene rings is 2. The minimum absolute atomic E-state index is 0.136. The van der Waals surface area contributed by atoms with E-state index < -0.39 is 0 Å². The Labute approximate surface area is 114 Å². The second kappa shape index (κ2) is 5.78. The van der Waals surface area contributed by atoms with Gasteiger partial charge in [-0.05, 0) is 30.3 Å². The minimum Gasteiger partial charge on any atom is -0.504 e. The number of methoxy groups -OCH3 is 1. The van der Waals surface area contributed by atoms with E-state index in [1.807, 2.05) is 24.3 Å². The van der Waals surface area contributed by atoms with Crippen molar-refractivity contribution in [3.63, 3.8) is 0 Å². The van der Waals surface area contributed by atoms with Gasteiger partial charge in [0, 0.05) is 10.0 Å². The standard InChI is InChI=1S/C14H13BrO3/c1-17-11-6-7-12(15)10(8-11)9-18-14-5-3-2-4-13(14)16/h2-8,16H,9H2,1H3. The zero-order valence-corrected chi connectivity index (χ0v) is 11.5. The highest BCUT2D eigenvalue weighted by Crippen LogP contribution is 2.28. The van der Waals surface area contributed by atoms with Gasteiger partial charge in [-0.15, -0.1) is 0 Å². The molecule has 18 heavy (non-hydrogen) atoms. The molecule has 0 aliphatic heterocycles. The smallest absolute Gasteiger partial charge is 0.161 e. The van der Waals surface area contributed by atoms with E-state index >= 15 is 0 Å². The van der Waals surface area contributed by atoms with Crippen molar-refractivity contribution in [3.8, 4) is 17.2 Å². The number of halogens is 1. The summed E-state index contributed by atoms with van der Waals surface area (Å²) in [4.78, 5) is 0. The van der Waals surface area contributed by atoms with Crippen molar-refractivity contribution >= 4 is 15.9 Å². The number of hydrogen-bond donors (Lipinski definition) is 1. The van der Waals surface area contributed by atoms with Crippen molar-refractivity contribution in [2.45, 2.75) is 6.61 Å². The van der Waals surface area contributed by atoms with Crippen LogP contribution in [0.1, 0.15) is 5.56 Å². The van der Waals surface area contributed by atoms with E-state index in [1.54, 1.807) is 25.3 Å². The van der Waals surface area contributed by atoms with Crippen molar-refractivity contribution in [1.29, 1.82) is 0 Å². The molecule has 0 aliphatic carbocycles. The molecular weight excluding hydrogens is 296 g/mol. The summed E-state index contributed by atoms with van der Waals surface area (Å²) in [6.45, 7) is 0.357. The van der Waals surface area contributed by atoms with Gasteiger partial charge in [0.1, 0.15) is 12.4 Å². The molecule has 0 aromatic heterocycles. The van der Waals surface area contributed by atoms with Crippen LogP contribution in [0.5, 0.6) is 17.2 Å². The van der Waals surface area contributed by atoms with Gasteiger partial charge in [-0.1, -0.05) is 28.1 Å². The Bertz CT molecular complexity index is 540. The normalized spacial score (nSPS) is 10.1. The summed E-state index contributed by atoms with van der Waals surface area (Å²) in [7, 11) is 1.62. The lowest BCUT2D eigenvalue weighted by Gasteiger charge is -2.10. The molecule has 0 amide bonds. The first-order chi connectivity index (χ1) is 8.70. The molecule has 0 aliphatic rings. The van der Waals surface area contributed by atoms with Crippen LogP contribution in [0.25, 0.3) is 0 Å². The Morgan fingerprint density at radius 1 is 1.17 bits per heavy atom. The summed E-state index contributed by atoms with van der Waals surface area (Å²) in [5.41, 5.74) is 0.956. The fourth-order valence-electron chi connectivity index (χ4n) is 1.52. The average molecular weight is 309 g/mol. The lowest BCUT2D eigenvalue weighted by Crippen LogP contribution is -1.97. The van der Waals surface area contributed by atoms with Crippen molar-refractivity contribution in [3.05, 3.63) is 52.5 Å². The Morgan fingerprint density at radius 3 is 2.67 bits per heavy atom. The van der Waals surface area contributed by atoms with Crippen LogP contribution in [0.2, 0.25) is 0 Å². The molecule has 0 bridgehead atoms. The predicted octanol–water partition coefficient (Wildman–Crippen LogP) is 3.74. The number of aromatic hydroxyl groups is 1. The van der Waals surface area contributed by atoms with E-state index in [1.165, 1.54) is 0 Å². The van der Waals surface area contributed by atoms with Gasteiger partial charge >= 0.3 is 0 Å². The van der Waals surface area contributed by atoms with Gasteiger partial charge < -0.3 is 14.6 Å². The molecule has 0 fully saturated rings. The third-order valence-electron chi connectivity index (χ3n) is 2.50. The van der Waals surface area contributed by atoms with Crippen LogP contribution in [0.3, 0.4) is 0 Å². The zero-order chi connectivity index (χ0) is 13.0. The first kappa shape index (κ1) is 12.8. The second-order valence-corrected chi connectivity index (χ2v) is 4.57. The van der Waals surface area contributed by atoms with Gasteiger partial charge in [-0.25, -0.2) is 0 Å². The van der Waals surface area contributed by atoms with Gasteiger partial charge in [0.05, 0.1) is 7.11 Å². The highest BCUT2D eigenvalue weighted by atomic mass is 79.9. The van der Waals surface area contributed by atoms with Crippen LogP contribution in [-0.2, 0) is 6.61 Å². The highest BCUT2D eigenvalue weighted by molar-refractivity contribution is 9.10. The van der Waals surface area contributed by atoms with Crippen LogP contribution in [0, 0.1) is 0 Å². The molecule has 1 N–H and O–H groups in total. The first-order valence-electron chi connectivity index (χ1n) is 5.44. The second-order valence-electron chi connectivity index (χ2n) is 3.71. The maximum atomic E-state index is 9.60. The Hall–Kier alpha value is -1.68. The number of para-hydroxylation sites is 2. The Morgan fingerprint density at radius 2 is 1.94 bits per heavy atom. The molecule has 2 rings (SSSR count). The molecule has 3 nitrogen and oxygen atoms in total. The van der Waals surface area contributed by atoms with E-state index in [2.05, 4.69) is 15.9 Å². The summed E-state index contributed by atoms with van der Waals surface area (Å²) in [6, 6.07) is 12.6. The van der Waals surface area contributed by atoms with E-state index in [9.17, 15) is 5.11 Å². The van der Waals surface area contributed by atoms with E-state index in [4.69, 9.17) is 9.47 Å². The Balaban J connectivity index is 2.13. The number of rotatable bonds is 4. The maximum Gasteiger partial charge on any atom is 0.161 e. The van der Waals surface area contributed by atoms with Gasteiger partial charge in [-0.3, -0.25) is 0 Å². The summed E-state index contributed by atoms with van der Waals surface area (Å²) >= 11 is 3.45. The number of hydrogen-bond acceptors (Lipinski definition) is 3. The lowest BCUT2D eigenvalue weighted by atomic mass is 10.2. The summed E-state index contributed by atoms with van der Waals surface area (Å²) in [6.07, 6.45) is 0. The van der Waals surface area contributed by atoms with Crippen LogP contribution >= 0.6 is 15.9 Å². The van der Waals surface area contributed by atoms with Crippen molar-refractivity contribution in [1.82, 2.24) is 0 Å². The SMILES string of the molecule is COc1ccc(Br)c(COc2ccccc2O)c1. The molecule has 4 heteroatoms. The quantitative estimate of drug-likeness (QED) is 0.935. The fraction of sp³-hybridized carbons (Fsp3) is 0.143. The molecule has 2 aromatic rings. The molecular formula is C14H13BrO3. The van der Waals surface area contributed by atoms with Gasteiger partial charge in [0.15, 0.2) is 11.5 Å². The molecule has 0 spiro atoms. The number of ether oxygens (including phenoxy) is 2. The first-order valence-corrected chi connectivity index (χ1v) is 6.23. The van der Waals surface area contributed by atoms with Crippen LogP contribution in [-0.4, -0.2) is 12.2 Å². The molecule has 0 heterocycles. The highest BCUT2D eigenvalue weighted by Gasteiger charge is 2.05. The van der Waals surface area contributed by atoms with Crippen molar-refractivity contribution in [2.24, 2.45) is 0 Å². The van der Waals surface area contributed by atoms with Crippen LogP contribution in [0.15, 0.2) is 46.9 Å². The number of phenols is 1. The predicted molar refractivity (Wildman–Crippen MR) is 73.1 cm³/mol. The third-order valence-corrected chi connectivity index (χ3v) is 3.27. The lowest BCUT2D eigenvalue weighted by molar-refractivity contribution is 0.287. The molecule has 2 aromatic carbocycles. The Kier molecular flexibility index (Phi) is 4.10. The van der Waals surface area contributed by atoms with Gasteiger partial charge in [-0.2, -0.15) is 0 Å². The van der Waals surface area contributed by atoms with E-state index in [-0.39, 0.29) is 5.75 Å². The summed E-state index contributed by atoms with van der Waals surface area (Å²) in [5.74, 6) is 1.37. The maximum absolute atomic E-state index is 9.60. The van der Waals surface area contributed by atoms with Crippen molar-refractivity contribution in [2.75, 3.05) is 7.11 Å². The molecule has 0 saturated carbocycles. The monoisotopic (exact) mass is 308 g/mol. The molecule has 0 atom stereocenters.